The zero-order valence-corrected chi connectivity index (χ0v) is 21.3. The van der Waals surface area contributed by atoms with Crippen LogP contribution in [0.25, 0.3) is 11.1 Å². The maximum absolute atomic E-state index is 13.5. The summed E-state index contributed by atoms with van der Waals surface area (Å²) in [7, 11) is -2.99. The molecule has 0 aliphatic heterocycles. The molecule has 196 valence electrons. The first-order valence-corrected chi connectivity index (χ1v) is 13.9. The van der Waals surface area contributed by atoms with E-state index in [2.05, 4.69) is 0 Å². The third-order valence-corrected chi connectivity index (χ3v) is 11.0. The normalized spacial score (nSPS) is 12.4. The van der Waals surface area contributed by atoms with Gasteiger partial charge in [-0.1, -0.05) is 66.7 Å². The van der Waals surface area contributed by atoms with Gasteiger partial charge in [0.05, 0.1) is 11.1 Å². The van der Waals surface area contributed by atoms with Crippen LogP contribution in [-0.4, -0.2) is 0 Å². The molecule has 7 heteroatoms. The maximum atomic E-state index is 13.5. The van der Waals surface area contributed by atoms with Gasteiger partial charge in [0, 0.05) is 5.56 Å². The molecule has 0 spiro atoms. The van der Waals surface area contributed by atoms with Gasteiger partial charge in [0.1, 0.15) is 28.5 Å². The summed E-state index contributed by atoms with van der Waals surface area (Å²) in [5.41, 5.74) is 0.171. The second-order valence-electron chi connectivity index (χ2n) is 8.98. The summed E-state index contributed by atoms with van der Waals surface area (Å²) in [6.07, 6.45) is -9.05. The minimum Gasteiger partial charge on any atom is -0.166 e. The van der Waals surface area contributed by atoms with Crippen molar-refractivity contribution in [3.63, 3.8) is 0 Å². The smallest absolute Gasteiger partial charge is 0.166 e. The predicted octanol–water partition coefficient (Wildman–Crippen LogP) is 8.01. The Morgan fingerprint density at radius 3 is 1.23 bits per heavy atom. The lowest BCUT2D eigenvalue weighted by molar-refractivity contribution is -0.138. The van der Waals surface area contributed by atoms with Gasteiger partial charge in [0.2, 0.25) is 0 Å². The molecule has 0 saturated heterocycles. The van der Waals surface area contributed by atoms with E-state index in [0.717, 1.165) is 46.0 Å². The Hall–Kier alpha value is -3.89. The first-order valence-electron chi connectivity index (χ1n) is 12.1. The van der Waals surface area contributed by atoms with Crippen LogP contribution in [0.5, 0.6) is 0 Å². The monoisotopic (exact) mass is 551 g/mol. The molecule has 0 bridgehead atoms. The van der Waals surface area contributed by atoms with Gasteiger partial charge in [-0.15, -0.1) is 0 Å². The number of halogens is 6. The predicted molar refractivity (Wildman–Crippen MR) is 147 cm³/mol. The van der Waals surface area contributed by atoms with Gasteiger partial charge < -0.3 is 0 Å². The molecule has 0 radical (unpaired) electrons. The first-order chi connectivity index (χ1) is 18.6. The van der Waals surface area contributed by atoms with Crippen LogP contribution in [0.4, 0.5) is 26.3 Å². The van der Waals surface area contributed by atoms with Crippen molar-refractivity contribution in [2.45, 2.75) is 12.4 Å². The quantitative estimate of drug-likeness (QED) is 0.153. The Morgan fingerprint density at radius 2 is 0.769 bits per heavy atom. The summed E-state index contributed by atoms with van der Waals surface area (Å²) in [4.78, 5) is 0. The van der Waals surface area contributed by atoms with Crippen molar-refractivity contribution < 1.29 is 26.3 Å². The van der Waals surface area contributed by atoms with E-state index >= 15 is 0 Å². The summed E-state index contributed by atoms with van der Waals surface area (Å²) in [6.45, 7) is 0. The van der Waals surface area contributed by atoms with E-state index in [0.29, 0.717) is 10.6 Å². The largest absolute Gasteiger partial charge is 0.416 e. The van der Waals surface area contributed by atoms with E-state index < -0.39 is 30.7 Å². The van der Waals surface area contributed by atoms with Crippen molar-refractivity contribution in [2.24, 2.45) is 0 Å². The van der Waals surface area contributed by atoms with Crippen LogP contribution in [-0.2, 0) is 12.4 Å². The fourth-order valence-corrected chi connectivity index (χ4v) is 9.31. The average Bonchev–Trinajstić information content (AvgIpc) is 2.94. The number of alkyl halides is 6. The second kappa shape index (κ2) is 10.3. The highest BCUT2D eigenvalue weighted by atomic mass is 31.2. The lowest BCUT2D eigenvalue weighted by Crippen LogP contribution is -2.39. The Kier molecular flexibility index (Phi) is 7.09. The van der Waals surface area contributed by atoms with Crippen molar-refractivity contribution in [3.05, 3.63) is 145 Å². The van der Waals surface area contributed by atoms with E-state index in [-0.39, 0.29) is 0 Å². The molecular formula is C32H22F6P+. The Labute approximate surface area is 222 Å². The zero-order chi connectivity index (χ0) is 27.7. The molecule has 0 aromatic heterocycles. The maximum Gasteiger partial charge on any atom is 0.416 e. The molecule has 0 atom stereocenters. The molecule has 0 heterocycles. The first kappa shape index (κ1) is 26.7. The Balaban J connectivity index is 1.90. The highest BCUT2D eigenvalue weighted by molar-refractivity contribution is 8.01. The van der Waals surface area contributed by atoms with Gasteiger partial charge in [-0.25, -0.2) is 0 Å². The van der Waals surface area contributed by atoms with Crippen molar-refractivity contribution in [2.75, 3.05) is 0 Å². The van der Waals surface area contributed by atoms with Crippen molar-refractivity contribution in [1.82, 2.24) is 0 Å². The summed E-state index contributed by atoms with van der Waals surface area (Å²) in [5.74, 6) is 0. The molecule has 5 aromatic carbocycles. The Bertz CT molecular complexity index is 1480. The Morgan fingerprint density at radius 1 is 0.385 bits per heavy atom. The van der Waals surface area contributed by atoms with Gasteiger partial charge in [-0.2, -0.15) is 26.3 Å². The van der Waals surface area contributed by atoms with Crippen molar-refractivity contribution in [3.8, 4) is 11.1 Å². The molecule has 0 N–H and O–H groups in total. The van der Waals surface area contributed by atoms with Gasteiger partial charge in [0.25, 0.3) is 0 Å². The van der Waals surface area contributed by atoms with Gasteiger partial charge in [0.15, 0.2) is 0 Å². The summed E-state index contributed by atoms with van der Waals surface area (Å²) >= 11 is 0. The van der Waals surface area contributed by atoms with Gasteiger partial charge in [-0.05, 0) is 72.3 Å². The molecule has 0 fully saturated rings. The molecule has 0 saturated carbocycles. The van der Waals surface area contributed by atoms with Crippen molar-refractivity contribution in [1.29, 1.82) is 0 Å². The number of benzene rings is 5. The molecule has 0 amide bonds. The minimum atomic E-state index is -4.53. The average molecular weight is 551 g/mol. The minimum absolute atomic E-state index is 0.602. The lowest BCUT2D eigenvalue weighted by atomic mass is 10.1. The lowest BCUT2D eigenvalue weighted by Gasteiger charge is -2.29. The molecule has 5 rings (SSSR count). The molecule has 5 aromatic rings. The zero-order valence-electron chi connectivity index (χ0n) is 20.4. The topological polar surface area (TPSA) is 0 Å². The van der Waals surface area contributed by atoms with Gasteiger partial charge in [-0.3, -0.25) is 0 Å². The summed E-state index contributed by atoms with van der Waals surface area (Å²) < 4.78 is 81.2. The third kappa shape index (κ3) is 5.09. The van der Waals surface area contributed by atoms with E-state index in [1.54, 1.807) is 0 Å². The second-order valence-corrected chi connectivity index (χ2v) is 12.4. The van der Waals surface area contributed by atoms with Crippen LogP contribution in [0.3, 0.4) is 0 Å². The fourth-order valence-electron chi connectivity index (χ4n) is 4.89. The van der Waals surface area contributed by atoms with E-state index in [9.17, 15) is 26.3 Å². The molecule has 0 aliphatic rings. The van der Waals surface area contributed by atoms with Crippen LogP contribution in [0.2, 0.25) is 0 Å². The number of rotatable bonds is 5. The summed E-state index contributed by atoms with van der Waals surface area (Å²) in [5, 5.41) is 2.85. The van der Waals surface area contributed by atoms with Crippen LogP contribution < -0.4 is 21.2 Å². The molecule has 0 aliphatic carbocycles. The van der Waals surface area contributed by atoms with Crippen LogP contribution in [0.15, 0.2) is 133 Å². The molecule has 0 unspecified atom stereocenters. The molecular weight excluding hydrogens is 529 g/mol. The molecule has 39 heavy (non-hydrogen) atoms. The van der Waals surface area contributed by atoms with Crippen LogP contribution >= 0.6 is 7.26 Å². The third-order valence-electron chi connectivity index (χ3n) is 6.66. The standard InChI is InChI=1S/C32H22F6P/c33-31(34,35)24-15-19-27(20-16-24)39(26-11-5-2-6-12-26,28-21-17-25(18-22-28)32(36,37)38)30-14-8-7-13-29(30)23-9-3-1-4-10-23/h1-22H/q+1. The van der Waals surface area contributed by atoms with Crippen molar-refractivity contribution >= 4 is 28.5 Å². The highest BCUT2D eigenvalue weighted by Gasteiger charge is 2.50. The van der Waals surface area contributed by atoms with Gasteiger partial charge >= 0.3 is 12.4 Å². The SMILES string of the molecule is FC(F)(F)c1ccc([P+](c2ccccc2)(c2ccc(C(F)(F)F)cc2)c2ccccc2-c2ccccc2)cc1. The summed E-state index contributed by atoms with van der Waals surface area (Å²) in [6, 6.07) is 36.5. The number of hydrogen-bond acceptors (Lipinski definition) is 0. The van der Waals surface area contributed by atoms with E-state index in [1.807, 2.05) is 84.9 Å². The molecule has 0 nitrogen and oxygen atoms in total. The van der Waals surface area contributed by atoms with Crippen LogP contribution in [0, 0.1) is 0 Å². The fraction of sp³-hybridized carbons (Fsp3) is 0.0625. The van der Waals surface area contributed by atoms with E-state index in [4.69, 9.17) is 0 Å². The van der Waals surface area contributed by atoms with E-state index in [1.165, 1.54) is 24.3 Å². The highest BCUT2D eigenvalue weighted by Crippen LogP contribution is 2.56. The van der Waals surface area contributed by atoms with Crippen LogP contribution in [0.1, 0.15) is 11.1 Å². The number of hydrogen-bond donors (Lipinski definition) is 0.